The summed E-state index contributed by atoms with van der Waals surface area (Å²) in [6.07, 6.45) is 1.67. The smallest absolute Gasteiger partial charge is 0.230 e. The molecule has 6 nitrogen and oxygen atoms in total. The maximum Gasteiger partial charge on any atom is 0.230 e. The second-order valence-corrected chi connectivity index (χ2v) is 6.17. The van der Waals surface area contributed by atoms with Crippen molar-refractivity contribution >= 4 is 11.4 Å². The van der Waals surface area contributed by atoms with E-state index in [0.29, 0.717) is 11.9 Å². The number of oxazole rings is 1. The maximum atomic E-state index is 5.69. The van der Waals surface area contributed by atoms with Gasteiger partial charge in [-0.2, -0.15) is 0 Å². The number of hydrogen-bond donors (Lipinski definition) is 2. The Morgan fingerprint density at radius 1 is 1.16 bits per heavy atom. The van der Waals surface area contributed by atoms with E-state index in [1.54, 1.807) is 13.4 Å². The number of ether oxygens (including phenoxy) is 1. The van der Waals surface area contributed by atoms with Crippen LogP contribution in [0.2, 0.25) is 0 Å². The van der Waals surface area contributed by atoms with Crippen LogP contribution in [0, 0.1) is 0 Å². The zero-order chi connectivity index (χ0) is 17.4. The molecule has 4 rings (SSSR count). The van der Waals surface area contributed by atoms with Crippen molar-refractivity contribution in [3.05, 3.63) is 48.7 Å². The molecule has 0 radical (unpaired) electrons. The second kappa shape index (κ2) is 6.14. The molecule has 0 spiro atoms. The maximum absolute atomic E-state index is 5.69. The Balaban J connectivity index is 1.67. The highest BCUT2D eigenvalue weighted by Crippen LogP contribution is 2.36. The molecule has 0 atom stereocenters. The largest absolute Gasteiger partial charge is 0.496 e. The summed E-state index contributed by atoms with van der Waals surface area (Å²) in [5, 5.41) is 2.09. The third-order valence-corrected chi connectivity index (χ3v) is 4.22. The number of fused-ring (bicyclic) bond motifs is 1. The van der Waals surface area contributed by atoms with Crippen LogP contribution in [-0.4, -0.2) is 18.1 Å². The van der Waals surface area contributed by atoms with Crippen molar-refractivity contribution in [3.8, 4) is 28.5 Å². The lowest BCUT2D eigenvalue weighted by atomic mass is 10.1. The van der Waals surface area contributed by atoms with Gasteiger partial charge in [-0.05, 0) is 38.1 Å². The minimum Gasteiger partial charge on any atom is -0.496 e. The Labute approximate surface area is 146 Å². The van der Waals surface area contributed by atoms with E-state index >= 15 is 0 Å². The standard InChI is InChI=1S/C19H20N4O2/c1-12(2)23-17-9-8-13(10-15(17)21-22-23)16-11-25-19(20-16)14-6-4-5-7-18(14)24-3/h4-12,21-22H,1-3H3. The van der Waals surface area contributed by atoms with E-state index in [0.717, 1.165) is 33.9 Å². The molecular weight excluding hydrogens is 316 g/mol. The predicted octanol–water partition coefficient (Wildman–Crippen LogP) is 4.08. The van der Waals surface area contributed by atoms with E-state index in [2.05, 4.69) is 46.9 Å². The first-order chi connectivity index (χ1) is 12.2. The average Bonchev–Trinajstić information content (AvgIpc) is 3.28. The van der Waals surface area contributed by atoms with Crippen LogP contribution in [-0.2, 0) is 0 Å². The predicted molar refractivity (Wildman–Crippen MR) is 98.3 cm³/mol. The number of nitrogens with one attached hydrogen (secondary N) is 2. The fraction of sp³-hybridized carbons (Fsp3) is 0.211. The van der Waals surface area contributed by atoms with Gasteiger partial charge in [0, 0.05) is 11.6 Å². The second-order valence-electron chi connectivity index (χ2n) is 6.17. The number of aromatic nitrogens is 1. The van der Waals surface area contributed by atoms with Gasteiger partial charge >= 0.3 is 0 Å². The number of methoxy groups -OCH3 is 1. The molecule has 25 heavy (non-hydrogen) atoms. The molecule has 2 N–H and O–H groups in total. The molecule has 2 heterocycles. The lowest BCUT2D eigenvalue weighted by molar-refractivity contribution is 0.414. The van der Waals surface area contributed by atoms with Gasteiger partial charge in [0.25, 0.3) is 0 Å². The lowest BCUT2D eigenvalue weighted by Gasteiger charge is -2.22. The first kappa shape index (κ1) is 15.5. The molecule has 1 aliphatic rings. The van der Waals surface area contributed by atoms with Crippen LogP contribution < -0.4 is 20.7 Å². The van der Waals surface area contributed by atoms with E-state index in [-0.39, 0.29) is 0 Å². The summed E-state index contributed by atoms with van der Waals surface area (Å²) in [5.41, 5.74) is 11.1. The number of benzene rings is 2. The van der Waals surface area contributed by atoms with Crippen molar-refractivity contribution in [2.45, 2.75) is 19.9 Å². The highest BCUT2D eigenvalue weighted by Gasteiger charge is 2.22. The molecule has 3 aromatic rings. The Morgan fingerprint density at radius 3 is 2.80 bits per heavy atom. The fourth-order valence-corrected chi connectivity index (χ4v) is 2.94. The van der Waals surface area contributed by atoms with E-state index < -0.39 is 0 Å². The number of anilines is 2. The third-order valence-electron chi connectivity index (χ3n) is 4.22. The molecular formula is C19H20N4O2. The van der Waals surface area contributed by atoms with Crippen molar-refractivity contribution in [1.29, 1.82) is 0 Å². The zero-order valence-corrected chi connectivity index (χ0v) is 14.4. The van der Waals surface area contributed by atoms with Gasteiger partial charge < -0.3 is 14.6 Å². The molecule has 0 bridgehead atoms. The van der Waals surface area contributed by atoms with Gasteiger partial charge in [0.2, 0.25) is 5.89 Å². The first-order valence-corrected chi connectivity index (χ1v) is 8.21. The summed E-state index contributed by atoms with van der Waals surface area (Å²) in [5.74, 6) is 1.28. The summed E-state index contributed by atoms with van der Waals surface area (Å²) >= 11 is 0. The van der Waals surface area contributed by atoms with Gasteiger partial charge in [0.15, 0.2) is 0 Å². The monoisotopic (exact) mass is 336 g/mol. The molecule has 2 aromatic carbocycles. The van der Waals surface area contributed by atoms with Crippen LogP contribution in [0.4, 0.5) is 11.4 Å². The summed E-state index contributed by atoms with van der Waals surface area (Å²) in [7, 11) is 1.64. The van der Waals surface area contributed by atoms with Crippen LogP contribution in [0.15, 0.2) is 53.1 Å². The summed E-state index contributed by atoms with van der Waals surface area (Å²) in [6, 6.07) is 14.2. The minimum absolute atomic E-state index is 0.351. The van der Waals surface area contributed by atoms with Gasteiger partial charge in [-0.25, -0.2) is 4.98 Å². The Hall–Kier alpha value is -2.99. The molecule has 0 unspecified atom stereocenters. The quantitative estimate of drug-likeness (QED) is 0.749. The SMILES string of the molecule is COc1ccccc1-c1nc(-c2ccc3c(c2)NNN3C(C)C)co1. The average molecular weight is 336 g/mol. The van der Waals surface area contributed by atoms with Crippen LogP contribution in [0.5, 0.6) is 5.75 Å². The fourth-order valence-electron chi connectivity index (χ4n) is 2.94. The van der Waals surface area contributed by atoms with Crippen molar-refractivity contribution in [3.63, 3.8) is 0 Å². The highest BCUT2D eigenvalue weighted by molar-refractivity contribution is 5.79. The van der Waals surface area contributed by atoms with Crippen molar-refractivity contribution in [2.24, 2.45) is 0 Å². The highest BCUT2D eigenvalue weighted by atomic mass is 16.5. The van der Waals surface area contributed by atoms with Gasteiger partial charge in [-0.15, -0.1) is 5.53 Å². The van der Waals surface area contributed by atoms with Crippen LogP contribution in [0.1, 0.15) is 13.8 Å². The zero-order valence-electron chi connectivity index (χ0n) is 14.4. The summed E-state index contributed by atoms with van der Waals surface area (Å²) < 4.78 is 11.1. The number of para-hydroxylation sites is 1. The molecule has 0 saturated heterocycles. The van der Waals surface area contributed by atoms with Gasteiger partial charge in [-0.1, -0.05) is 18.2 Å². The van der Waals surface area contributed by atoms with Crippen molar-refractivity contribution in [2.75, 3.05) is 17.5 Å². The topological polar surface area (TPSA) is 62.6 Å². The Morgan fingerprint density at radius 2 is 2.00 bits per heavy atom. The summed E-state index contributed by atoms with van der Waals surface area (Å²) in [6.45, 7) is 4.27. The van der Waals surface area contributed by atoms with E-state index in [9.17, 15) is 0 Å². The molecule has 1 aromatic heterocycles. The number of hydrogen-bond acceptors (Lipinski definition) is 6. The van der Waals surface area contributed by atoms with Gasteiger partial charge in [0.1, 0.15) is 17.7 Å². The van der Waals surface area contributed by atoms with E-state index in [1.165, 1.54) is 0 Å². The van der Waals surface area contributed by atoms with Crippen molar-refractivity contribution < 1.29 is 9.15 Å². The molecule has 128 valence electrons. The number of nitrogens with zero attached hydrogens (tertiary/aromatic N) is 2. The van der Waals surface area contributed by atoms with Gasteiger partial charge in [0.05, 0.1) is 24.0 Å². The molecule has 1 aliphatic heterocycles. The number of hydrazine groups is 2. The minimum atomic E-state index is 0.351. The first-order valence-electron chi connectivity index (χ1n) is 8.21. The molecule has 0 fully saturated rings. The number of rotatable bonds is 4. The Bertz CT molecular complexity index is 904. The van der Waals surface area contributed by atoms with Crippen molar-refractivity contribution in [1.82, 2.24) is 10.5 Å². The van der Waals surface area contributed by atoms with Gasteiger partial charge in [-0.3, -0.25) is 5.01 Å². The molecule has 0 saturated carbocycles. The normalized spacial score (nSPS) is 13.0. The Kier molecular flexibility index (Phi) is 3.82. The van der Waals surface area contributed by atoms with Crippen LogP contribution in [0.25, 0.3) is 22.7 Å². The third kappa shape index (κ3) is 2.70. The summed E-state index contributed by atoms with van der Waals surface area (Å²) in [4.78, 5) is 4.63. The van der Waals surface area contributed by atoms with Crippen LogP contribution in [0.3, 0.4) is 0 Å². The molecule has 0 aliphatic carbocycles. The molecule has 0 amide bonds. The van der Waals surface area contributed by atoms with E-state index in [1.807, 2.05) is 30.3 Å². The van der Waals surface area contributed by atoms with E-state index in [4.69, 9.17) is 9.15 Å². The van der Waals surface area contributed by atoms with Crippen LogP contribution >= 0.6 is 0 Å². The lowest BCUT2D eigenvalue weighted by Crippen LogP contribution is -2.41. The molecule has 6 heteroatoms.